The molecule has 0 N–H and O–H groups in total. The molecule has 0 radical (unpaired) electrons. The number of benzene rings is 2. The van der Waals surface area contributed by atoms with Crippen molar-refractivity contribution in [2.45, 2.75) is 38.4 Å². The molecule has 1 fully saturated rings. The number of thiazole rings is 1. The minimum Gasteiger partial charge on any atom is -0.338 e. The molecule has 2 heterocycles. The summed E-state index contributed by atoms with van der Waals surface area (Å²) < 4.78 is 0. The van der Waals surface area contributed by atoms with Gasteiger partial charge >= 0.3 is 0 Å². The van der Waals surface area contributed by atoms with Gasteiger partial charge in [-0.1, -0.05) is 60.7 Å². The van der Waals surface area contributed by atoms with Gasteiger partial charge in [0.25, 0.3) is 0 Å². The van der Waals surface area contributed by atoms with Gasteiger partial charge < -0.3 is 4.90 Å². The van der Waals surface area contributed by atoms with Crippen molar-refractivity contribution in [2.24, 2.45) is 0 Å². The van der Waals surface area contributed by atoms with Crippen LogP contribution in [0.5, 0.6) is 0 Å². The number of hydrogen-bond donors (Lipinski definition) is 0. The fraction of sp³-hybridized carbons (Fsp3) is 0.333. The second-order valence-corrected chi connectivity index (χ2v) is 8.63. The largest absolute Gasteiger partial charge is 0.338 e. The number of aromatic nitrogens is 1. The fourth-order valence-corrected chi connectivity index (χ4v) is 4.77. The van der Waals surface area contributed by atoms with Crippen molar-refractivity contribution in [3.8, 4) is 11.3 Å². The monoisotopic (exact) mass is 405 g/mol. The number of rotatable bonds is 6. The molecule has 2 aromatic carbocycles. The summed E-state index contributed by atoms with van der Waals surface area (Å²) in [4.78, 5) is 21.8. The molecule has 4 nitrogen and oxygen atoms in total. The van der Waals surface area contributed by atoms with Crippen LogP contribution in [0.4, 0.5) is 0 Å². The highest BCUT2D eigenvalue weighted by Gasteiger charge is 2.25. The van der Waals surface area contributed by atoms with E-state index in [1.54, 1.807) is 11.3 Å². The van der Waals surface area contributed by atoms with E-state index in [-0.39, 0.29) is 5.91 Å². The molecule has 0 aliphatic carbocycles. The third kappa shape index (κ3) is 5.11. The lowest BCUT2D eigenvalue weighted by Gasteiger charge is -2.26. The first kappa shape index (κ1) is 19.8. The van der Waals surface area contributed by atoms with E-state index in [0.29, 0.717) is 19.0 Å². The van der Waals surface area contributed by atoms with E-state index in [1.165, 1.54) is 5.56 Å². The third-order valence-corrected chi connectivity index (χ3v) is 6.46. The second kappa shape index (κ2) is 9.33. The van der Waals surface area contributed by atoms with E-state index < -0.39 is 0 Å². The summed E-state index contributed by atoms with van der Waals surface area (Å²) in [6.45, 7) is 2.36. The van der Waals surface area contributed by atoms with Gasteiger partial charge in [0, 0.05) is 36.5 Å². The van der Waals surface area contributed by atoms with Crippen LogP contribution < -0.4 is 0 Å². The topological polar surface area (TPSA) is 36.4 Å². The molecule has 0 saturated carbocycles. The number of carbonyl (C=O) groups is 1. The van der Waals surface area contributed by atoms with Gasteiger partial charge in [0.2, 0.25) is 5.91 Å². The third-order valence-electron chi connectivity index (χ3n) is 5.62. The van der Waals surface area contributed by atoms with Crippen LogP contribution >= 0.6 is 11.3 Å². The molecule has 1 atom stereocenters. The van der Waals surface area contributed by atoms with E-state index in [4.69, 9.17) is 4.98 Å². The molecule has 3 aromatic rings. The maximum atomic E-state index is 12.6. The molecular weight excluding hydrogens is 378 g/mol. The number of nitrogens with zero attached hydrogens (tertiary/aromatic N) is 3. The van der Waals surface area contributed by atoms with Crippen molar-refractivity contribution in [1.82, 2.24) is 14.8 Å². The van der Waals surface area contributed by atoms with Gasteiger partial charge in [0.1, 0.15) is 5.01 Å². The first-order valence-corrected chi connectivity index (χ1v) is 11.1. The molecule has 150 valence electrons. The Hall–Kier alpha value is -2.50. The van der Waals surface area contributed by atoms with Gasteiger partial charge in [-0.3, -0.25) is 9.69 Å². The molecular formula is C24H27N3OS. The number of likely N-dealkylation sites (tertiary alicyclic amines) is 1. The molecule has 0 bridgehead atoms. The van der Waals surface area contributed by atoms with Crippen molar-refractivity contribution in [2.75, 3.05) is 13.6 Å². The Labute approximate surface area is 176 Å². The van der Waals surface area contributed by atoms with Crippen LogP contribution in [0.2, 0.25) is 0 Å². The SMILES string of the molecule is CN(Cc1nc(-c2ccccc2)cs1)[C@@H]1CCC(=O)N(Cc2ccccc2)CC1. The zero-order valence-corrected chi connectivity index (χ0v) is 17.6. The number of amides is 1. The van der Waals surface area contributed by atoms with Crippen molar-refractivity contribution in [3.05, 3.63) is 76.6 Å². The summed E-state index contributed by atoms with van der Waals surface area (Å²) in [6.07, 6.45) is 2.54. The Morgan fingerprint density at radius 3 is 2.55 bits per heavy atom. The smallest absolute Gasteiger partial charge is 0.222 e. The highest BCUT2D eigenvalue weighted by Crippen LogP contribution is 2.24. The van der Waals surface area contributed by atoms with Crippen molar-refractivity contribution >= 4 is 17.2 Å². The number of hydrogen-bond acceptors (Lipinski definition) is 4. The summed E-state index contributed by atoms with van der Waals surface area (Å²) in [7, 11) is 2.16. The minimum atomic E-state index is 0.269. The van der Waals surface area contributed by atoms with E-state index in [1.807, 2.05) is 41.3 Å². The summed E-state index contributed by atoms with van der Waals surface area (Å²) >= 11 is 1.71. The average molecular weight is 406 g/mol. The van der Waals surface area contributed by atoms with Crippen molar-refractivity contribution in [1.29, 1.82) is 0 Å². The molecule has 0 spiro atoms. The van der Waals surface area contributed by atoms with Gasteiger partial charge in [-0.25, -0.2) is 4.98 Å². The molecule has 0 unspecified atom stereocenters. The fourth-order valence-electron chi connectivity index (χ4n) is 3.90. The Morgan fingerprint density at radius 1 is 1.07 bits per heavy atom. The van der Waals surface area contributed by atoms with E-state index in [9.17, 15) is 4.79 Å². The lowest BCUT2D eigenvalue weighted by atomic mass is 10.1. The zero-order chi connectivity index (χ0) is 20.1. The zero-order valence-electron chi connectivity index (χ0n) is 16.8. The first-order valence-electron chi connectivity index (χ1n) is 10.2. The van der Waals surface area contributed by atoms with Gasteiger partial charge in [-0.15, -0.1) is 11.3 Å². The van der Waals surface area contributed by atoms with Crippen LogP contribution in [0.3, 0.4) is 0 Å². The maximum absolute atomic E-state index is 12.6. The summed E-state index contributed by atoms with van der Waals surface area (Å²) in [5, 5.41) is 3.26. The van der Waals surface area contributed by atoms with Crippen molar-refractivity contribution in [3.63, 3.8) is 0 Å². The predicted molar refractivity (Wildman–Crippen MR) is 119 cm³/mol. The lowest BCUT2D eigenvalue weighted by molar-refractivity contribution is -0.131. The maximum Gasteiger partial charge on any atom is 0.222 e. The summed E-state index contributed by atoms with van der Waals surface area (Å²) in [5.74, 6) is 0.269. The minimum absolute atomic E-state index is 0.269. The van der Waals surface area contributed by atoms with Gasteiger partial charge in [-0.05, 0) is 25.5 Å². The molecule has 29 heavy (non-hydrogen) atoms. The van der Waals surface area contributed by atoms with Crippen LogP contribution in [-0.2, 0) is 17.9 Å². The Bertz CT molecular complexity index is 926. The summed E-state index contributed by atoms with van der Waals surface area (Å²) in [6, 6.07) is 21.0. The molecule has 5 heteroatoms. The van der Waals surface area contributed by atoms with Crippen LogP contribution in [-0.4, -0.2) is 40.3 Å². The van der Waals surface area contributed by atoms with E-state index in [2.05, 4.69) is 41.6 Å². The molecule has 4 rings (SSSR count). The normalized spacial score (nSPS) is 17.5. The van der Waals surface area contributed by atoms with Crippen LogP contribution in [0.15, 0.2) is 66.0 Å². The van der Waals surface area contributed by atoms with Gasteiger partial charge in [-0.2, -0.15) is 0 Å². The quantitative estimate of drug-likeness (QED) is 0.590. The van der Waals surface area contributed by atoms with E-state index >= 15 is 0 Å². The Morgan fingerprint density at radius 2 is 1.79 bits per heavy atom. The summed E-state index contributed by atoms with van der Waals surface area (Å²) in [5.41, 5.74) is 3.40. The van der Waals surface area contributed by atoms with Crippen molar-refractivity contribution < 1.29 is 4.79 Å². The van der Waals surface area contributed by atoms with E-state index in [0.717, 1.165) is 42.2 Å². The van der Waals surface area contributed by atoms with Gasteiger partial charge in [0.15, 0.2) is 0 Å². The number of carbonyl (C=O) groups excluding carboxylic acids is 1. The molecule has 1 saturated heterocycles. The Balaban J connectivity index is 1.35. The first-order chi connectivity index (χ1) is 14.2. The van der Waals surface area contributed by atoms with Crippen LogP contribution in [0.1, 0.15) is 29.8 Å². The van der Waals surface area contributed by atoms with Crippen LogP contribution in [0.25, 0.3) is 11.3 Å². The molecule has 1 aliphatic rings. The highest BCUT2D eigenvalue weighted by atomic mass is 32.1. The Kier molecular flexibility index (Phi) is 6.37. The molecule has 1 amide bonds. The predicted octanol–water partition coefficient (Wildman–Crippen LogP) is 4.82. The van der Waals surface area contributed by atoms with Crippen LogP contribution in [0, 0.1) is 0 Å². The lowest BCUT2D eigenvalue weighted by Crippen LogP contribution is -2.33. The highest BCUT2D eigenvalue weighted by molar-refractivity contribution is 7.09. The molecule has 1 aromatic heterocycles. The second-order valence-electron chi connectivity index (χ2n) is 7.69. The van der Waals surface area contributed by atoms with Gasteiger partial charge in [0.05, 0.1) is 12.2 Å². The average Bonchev–Trinajstić information content (AvgIpc) is 3.14. The molecule has 1 aliphatic heterocycles. The standard InChI is InChI=1S/C24H27N3OS/c1-26(17-23-25-22(18-29-23)20-10-6-3-7-11-20)21-12-13-24(28)27(15-14-21)16-19-8-4-2-5-9-19/h2-11,18,21H,12-17H2,1H3/t21-/m1/s1.